The van der Waals surface area contributed by atoms with Crippen LogP contribution in [0.4, 0.5) is 0 Å². The second kappa shape index (κ2) is 7.06. The molecule has 3 heteroatoms. The number of carbonyl (C=O) groups excluding carboxylic acids is 1. The van der Waals surface area contributed by atoms with Crippen LogP contribution in [0.5, 0.6) is 0 Å². The molecule has 0 aromatic heterocycles. The van der Waals surface area contributed by atoms with Crippen LogP contribution in [-0.2, 0) is 0 Å². The van der Waals surface area contributed by atoms with Crippen molar-refractivity contribution in [3.63, 3.8) is 0 Å². The number of carbonyl (C=O) groups is 1. The van der Waals surface area contributed by atoms with Crippen molar-refractivity contribution in [3.05, 3.63) is 34.9 Å². The van der Waals surface area contributed by atoms with Crippen LogP contribution in [-0.4, -0.2) is 29.8 Å². The van der Waals surface area contributed by atoms with E-state index in [1.807, 2.05) is 18.2 Å². The van der Waals surface area contributed by atoms with E-state index in [1.54, 1.807) is 6.07 Å². The molecular weight excluding hydrogens is 258 g/mol. The lowest BCUT2D eigenvalue weighted by Gasteiger charge is -2.35. The van der Waals surface area contributed by atoms with Crippen molar-refractivity contribution in [1.82, 2.24) is 4.90 Å². The average Bonchev–Trinajstić information content (AvgIpc) is 2.45. The Hall–Kier alpha value is -0.860. The minimum atomic E-state index is 0.158. The zero-order chi connectivity index (χ0) is 13.7. The number of hydrogen-bond acceptors (Lipinski definition) is 2. The van der Waals surface area contributed by atoms with E-state index >= 15 is 0 Å². The summed E-state index contributed by atoms with van der Waals surface area (Å²) in [6, 6.07) is 7.99. The highest BCUT2D eigenvalue weighted by molar-refractivity contribution is 6.33. The first kappa shape index (κ1) is 14.5. The fourth-order valence-electron chi connectivity index (χ4n) is 2.88. The molecule has 0 aliphatic carbocycles. The highest BCUT2D eigenvalue weighted by atomic mass is 35.5. The molecule has 1 saturated heterocycles. The summed E-state index contributed by atoms with van der Waals surface area (Å²) < 4.78 is 0. The van der Waals surface area contributed by atoms with Gasteiger partial charge in [-0.1, -0.05) is 37.1 Å². The average molecular weight is 280 g/mol. The second-order valence-corrected chi connectivity index (χ2v) is 5.65. The summed E-state index contributed by atoms with van der Waals surface area (Å²) in [5.41, 5.74) is 0.661. The standard InChI is InChI=1S/C16H22ClNO/c1-2-13-7-5-6-11-18(13)12-10-16(19)14-8-3-4-9-15(14)17/h3-4,8-9,13H,2,5-7,10-12H2,1H3. The Morgan fingerprint density at radius 2 is 2.16 bits per heavy atom. The zero-order valence-corrected chi connectivity index (χ0v) is 12.3. The molecule has 0 amide bonds. The number of nitrogens with zero attached hydrogens (tertiary/aromatic N) is 1. The van der Waals surface area contributed by atoms with Crippen LogP contribution in [0.1, 0.15) is 49.4 Å². The van der Waals surface area contributed by atoms with Gasteiger partial charge < -0.3 is 0 Å². The Kier molecular flexibility index (Phi) is 5.41. The van der Waals surface area contributed by atoms with Crippen molar-refractivity contribution in [1.29, 1.82) is 0 Å². The summed E-state index contributed by atoms with van der Waals surface area (Å²) in [7, 11) is 0. The molecule has 1 aromatic carbocycles. The predicted octanol–water partition coefficient (Wildman–Crippen LogP) is 4.18. The molecule has 1 aliphatic heterocycles. The maximum Gasteiger partial charge on any atom is 0.165 e. The molecule has 0 bridgehead atoms. The van der Waals surface area contributed by atoms with E-state index in [-0.39, 0.29) is 5.78 Å². The minimum absolute atomic E-state index is 0.158. The first-order valence-corrected chi connectivity index (χ1v) is 7.62. The number of halogens is 1. The number of rotatable bonds is 5. The van der Waals surface area contributed by atoms with Crippen molar-refractivity contribution in [3.8, 4) is 0 Å². The number of likely N-dealkylation sites (tertiary alicyclic amines) is 1. The molecular formula is C16H22ClNO. The van der Waals surface area contributed by atoms with Gasteiger partial charge in [-0.05, 0) is 37.9 Å². The van der Waals surface area contributed by atoms with Crippen molar-refractivity contribution >= 4 is 17.4 Å². The molecule has 2 nitrogen and oxygen atoms in total. The molecule has 1 aromatic rings. The molecule has 19 heavy (non-hydrogen) atoms. The van der Waals surface area contributed by atoms with Crippen LogP contribution in [0.15, 0.2) is 24.3 Å². The van der Waals surface area contributed by atoms with E-state index < -0.39 is 0 Å². The first-order chi connectivity index (χ1) is 9.22. The lowest BCUT2D eigenvalue weighted by atomic mass is 9.99. The Morgan fingerprint density at radius 1 is 1.37 bits per heavy atom. The van der Waals surface area contributed by atoms with E-state index in [9.17, 15) is 4.79 Å². The summed E-state index contributed by atoms with van der Waals surface area (Å²) in [5.74, 6) is 0.158. The molecule has 1 atom stereocenters. The lowest BCUT2D eigenvalue weighted by molar-refractivity contribution is 0.0923. The molecule has 104 valence electrons. The van der Waals surface area contributed by atoms with Gasteiger partial charge in [-0.2, -0.15) is 0 Å². The van der Waals surface area contributed by atoms with Gasteiger partial charge in [0.2, 0.25) is 0 Å². The predicted molar refractivity (Wildman–Crippen MR) is 79.9 cm³/mol. The molecule has 1 unspecified atom stereocenters. The number of Topliss-reactive ketones (excluding diaryl/α,β-unsaturated/α-hetero) is 1. The van der Waals surface area contributed by atoms with Crippen LogP contribution >= 0.6 is 11.6 Å². The normalized spacial score (nSPS) is 20.4. The monoisotopic (exact) mass is 279 g/mol. The Labute approximate surface area is 120 Å². The van der Waals surface area contributed by atoms with Gasteiger partial charge in [0.15, 0.2) is 5.78 Å². The molecule has 2 rings (SSSR count). The smallest absolute Gasteiger partial charge is 0.165 e. The summed E-state index contributed by atoms with van der Waals surface area (Å²) in [4.78, 5) is 14.7. The summed E-state index contributed by atoms with van der Waals surface area (Å²) in [6.07, 6.45) is 5.61. The highest BCUT2D eigenvalue weighted by Crippen LogP contribution is 2.21. The van der Waals surface area contributed by atoms with E-state index in [1.165, 1.54) is 25.7 Å². The minimum Gasteiger partial charge on any atom is -0.300 e. The van der Waals surface area contributed by atoms with Crippen LogP contribution < -0.4 is 0 Å². The fourth-order valence-corrected chi connectivity index (χ4v) is 3.12. The van der Waals surface area contributed by atoms with Gasteiger partial charge in [-0.3, -0.25) is 9.69 Å². The van der Waals surface area contributed by atoms with E-state index in [0.29, 0.717) is 23.0 Å². The maximum atomic E-state index is 12.2. The van der Waals surface area contributed by atoms with Gasteiger partial charge in [0.1, 0.15) is 0 Å². The first-order valence-electron chi connectivity index (χ1n) is 7.24. The Balaban J connectivity index is 1.91. The fraction of sp³-hybridized carbons (Fsp3) is 0.562. The second-order valence-electron chi connectivity index (χ2n) is 5.25. The molecule has 0 spiro atoms. The third kappa shape index (κ3) is 3.80. The van der Waals surface area contributed by atoms with Crippen LogP contribution in [0.3, 0.4) is 0 Å². The molecule has 0 radical (unpaired) electrons. The van der Waals surface area contributed by atoms with Gasteiger partial charge in [0, 0.05) is 24.6 Å². The molecule has 0 saturated carbocycles. The van der Waals surface area contributed by atoms with Crippen LogP contribution in [0.2, 0.25) is 5.02 Å². The van der Waals surface area contributed by atoms with Crippen molar-refractivity contribution in [2.75, 3.05) is 13.1 Å². The van der Waals surface area contributed by atoms with Gasteiger partial charge in [-0.25, -0.2) is 0 Å². The summed E-state index contributed by atoms with van der Waals surface area (Å²) >= 11 is 6.06. The van der Waals surface area contributed by atoms with E-state index in [4.69, 9.17) is 11.6 Å². The summed E-state index contributed by atoms with van der Waals surface area (Å²) in [6.45, 7) is 4.23. The SMILES string of the molecule is CCC1CCCCN1CCC(=O)c1ccccc1Cl. The molecule has 1 aliphatic rings. The topological polar surface area (TPSA) is 20.3 Å². The number of piperidine rings is 1. The molecule has 1 heterocycles. The third-order valence-electron chi connectivity index (χ3n) is 4.02. The van der Waals surface area contributed by atoms with Crippen molar-refractivity contribution in [2.45, 2.75) is 45.1 Å². The molecule has 0 N–H and O–H groups in total. The van der Waals surface area contributed by atoms with Gasteiger partial charge >= 0.3 is 0 Å². The largest absolute Gasteiger partial charge is 0.300 e. The zero-order valence-electron chi connectivity index (χ0n) is 11.6. The van der Waals surface area contributed by atoms with Crippen LogP contribution in [0.25, 0.3) is 0 Å². The van der Waals surface area contributed by atoms with E-state index in [2.05, 4.69) is 11.8 Å². The number of hydrogen-bond donors (Lipinski definition) is 0. The van der Waals surface area contributed by atoms with E-state index in [0.717, 1.165) is 13.1 Å². The highest BCUT2D eigenvalue weighted by Gasteiger charge is 2.21. The quantitative estimate of drug-likeness (QED) is 0.754. The Morgan fingerprint density at radius 3 is 2.89 bits per heavy atom. The molecule has 1 fully saturated rings. The van der Waals surface area contributed by atoms with Crippen molar-refractivity contribution in [2.24, 2.45) is 0 Å². The third-order valence-corrected chi connectivity index (χ3v) is 4.35. The number of benzene rings is 1. The van der Waals surface area contributed by atoms with Gasteiger partial charge in [0.25, 0.3) is 0 Å². The maximum absolute atomic E-state index is 12.2. The van der Waals surface area contributed by atoms with Gasteiger partial charge in [0.05, 0.1) is 5.02 Å². The van der Waals surface area contributed by atoms with Crippen molar-refractivity contribution < 1.29 is 4.79 Å². The number of ketones is 1. The summed E-state index contributed by atoms with van der Waals surface area (Å²) in [5, 5.41) is 0.568. The van der Waals surface area contributed by atoms with Crippen LogP contribution in [0, 0.1) is 0 Å². The lowest BCUT2D eigenvalue weighted by Crippen LogP contribution is -2.40. The van der Waals surface area contributed by atoms with Gasteiger partial charge in [-0.15, -0.1) is 0 Å². The Bertz CT molecular complexity index is 433.